The maximum atomic E-state index is 13.4. The number of nitrogens with zero attached hydrogens (tertiary/aromatic N) is 3. The molecule has 0 radical (unpaired) electrons. The van der Waals surface area contributed by atoms with Crippen LogP contribution in [0.15, 0.2) is 53.7 Å². The van der Waals surface area contributed by atoms with Crippen molar-refractivity contribution in [3.8, 4) is 6.07 Å². The lowest BCUT2D eigenvalue weighted by molar-refractivity contribution is -0.137. The molecule has 0 aromatic heterocycles. The Balaban J connectivity index is 1.92. The number of amides is 2. The van der Waals surface area contributed by atoms with Gasteiger partial charge in [0.1, 0.15) is 0 Å². The molecule has 10 heteroatoms. The molecule has 0 spiro atoms. The molecule has 1 atom stereocenters. The number of halogens is 4. The first-order valence-electron chi connectivity index (χ1n) is 9.79. The number of carbonyl (C=O) groups excluding carboxylic acids is 3. The quantitative estimate of drug-likeness (QED) is 0.575. The van der Waals surface area contributed by atoms with Crippen LogP contribution in [-0.4, -0.2) is 29.0 Å². The number of hydrogen-bond acceptors (Lipinski definition) is 4. The Bertz CT molecular complexity index is 1280. The van der Waals surface area contributed by atoms with Gasteiger partial charge in [0.2, 0.25) is 0 Å². The number of hydrogen-bond donors (Lipinski definition) is 0. The smallest absolute Gasteiger partial charge is 0.316 e. The zero-order chi connectivity index (χ0) is 24.1. The summed E-state index contributed by atoms with van der Waals surface area (Å²) in [5.74, 6) is -0.288. The highest BCUT2D eigenvalue weighted by molar-refractivity contribution is 6.68. The van der Waals surface area contributed by atoms with Crippen LogP contribution in [0.1, 0.15) is 45.9 Å². The Morgan fingerprint density at radius 1 is 1.15 bits per heavy atom. The highest BCUT2D eigenvalue weighted by Gasteiger charge is 2.45. The Morgan fingerprint density at radius 3 is 2.52 bits per heavy atom. The van der Waals surface area contributed by atoms with Gasteiger partial charge in [-0.15, -0.1) is 0 Å². The van der Waals surface area contributed by atoms with E-state index in [1.807, 2.05) is 6.07 Å². The summed E-state index contributed by atoms with van der Waals surface area (Å²) in [6.07, 6.45) is -4.39. The van der Waals surface area contributed by atoms with Crippen LogP contribution in [0.3, 0.4) is 0 Å². The number of Topliss-reactive ketones (excluding diaryl/α,β-unsaturated/α-hetero) is 1. The van der Waals surface area contributed by atoms with Crippen LogP contribution in [0.2, 0.25) is 0 Å². The van der Waals surface area contributed by atoms with Crippen LogP contribution in [0.5, 0.6) is 0 Å². The van der Waals surface area contributed by atoms with E-state index in [4.69, 9.17) is 16.9 Å². The predicted molar refractivity (Wildman–Crippen MR) is 112 cm³/mol. The molecule has 0 bridgehead atoms. The molecule has 4 rings (SSSR count). The molecule has 1 aliphatic carbocycles. The number of anilines is 1. The van der Waals surface area contributed by atoms with Crippen LogP contribution in [0.4, 0.5) is 23.7 Å². The molecular weight excluding hydrogens is 459 g/mol. The molecule has 1 heterocycles. The zero-order valence-electron chi connectivity index (χ0n) is 17.1. The number of carbonyl (C=O) groups is 3. The molecule has 0 saturated heterocycles. The number of likely N-dealkylation sites (N-methyl/N-ethyl adjacent to an activating group) is 1. The van der Waals surface area contributed by atoms with Gasteiger partial charge in [0.25, 0.3) is 5.24 Å². The van der Waals surface area contributed by atoms with E-state index in [1.165, 1.54) is 42.3 Å². The summed E-state index contributed by atoms with van der Waals surface area (Å²) in [4.78, 5) is 40.6. The molecule has 0 saturated carbocycles. The monoisotopic (exact) mass is 473 g/mol. The molecule has 2 aromatic rings. The van der Waals surface area contributed by atoms with Gasteiger partial charge in [0.15, 0.2) is 5.78 Å². The number of benzene rings is 2. The van der Waals surface area contributed by atoms with E-state index in [0.29, 0.717) is 0 Å². The summed E-state index contributed by atoms with van der Waals surface area (Å²) in [6, 6.07) is 8.75. The Hall–Kier alpha value is -3.64. The molecule has 1 unspecified atom stereocenters. The molecule has 1 aliphatic heterocycles. The third kappa shape index (κ3) is 3.76. The van der Waals surface area contributed by atoms with Crippen molar-refractivity contribution in [2.24, 2.45) is 0 Å². The van der Waals surface area contributed by atoms with Crippen LogP contribution >= 0.6 is 11.6 Å². The second-order valence-corrected chi connectivity index (χ2v) is 7.99. The number of alkyl halides is 3. The standard InChI is InChI=1S/C23H15ClF3N3O3/c1-29-20(15-6-5-12(11-28)9-16(15)21(24)32)19-17(7-8-18(19)31)30(22(29)33)14-4-2-3-13(10-14)23(25,26)27/h2-6,9-10,20H,7-8H2,1H3. The summed E-state index contributed by atoms with van der Waals surface area (Å²) in [6.45, 7) is 0. The molecule has 2 aromatic carbocycles. The van der Waals surface area contributed by atoms with Crippen molar-refractivity contribution in [1.29, 1.82) is 5.26 Å². The van der Waals surface area contributed by atoms with Crippen LogP contribution in [0.25, 0.3) is 0 Å². The lowest BCUT2D eigenvalue weighted by atomic mass is 9.89. The van der Waals surface area contributed by atoms with Gasteiger partial charge in [-0.3, -0.25) is 14.5 Å². The van der Waals surface area contributed by atoms with Crippen molar-refractivity contribution in [3.63, 3.8) is 0 Å². The molecular formula is C23H15ClF3N3O3. The van der Waals surface area contributed by atoms with E-state index < -0.39 is 29.1 Å². The van der Waals surface area contributed by atoms with Crippen molar-refractivity contribution < 1.29 is 27.6 Å². The second-order valence-electron chi connectivity index (χ2n) is 7.65. The zero-order valence-corrected chi connectivity index (χ0v) is 17.9. The third-order valence-electron chi connectivity index (χ3n) is 5.74. The number of ketones is 1. The number of allylic oxidation sites excluding steroid dienone is 1. The average molecular weight is 474 g/mol. The average Bonchev–Trinajstić information content (AvgIpc) is 3.14. The van der Waals surface area contributed by atoms with Gasteiger partial charge in [0.05, 0.1) is 28.9 Å². The van der Waals surface area contributed by atoms with Crippen LogP contribution in [0, 0.1) is 11.3 Å². The fourth-order valence-electron chi connectivity index (χ4n) is 4.27. The van der Waals surface area contributed by atoms with E-state index in [0.717, 1.165) is 17.0 Å². The van der Waals surface area contributed by atoms with E-state index in [2.05, 4.69) is 0 Å². The Labute approximate surface area is 191 Å². The summed E-state index contributed by atoms with van der Waals surface area (Å²) in [7, 11) is 1.39. The summed E-state index contributed by atoms with van der Waals surface area (Å²) >= 11 is 5.73. The third-order valence-corrected chi connectivity index (χ3v) is 5.95. The van der Waals surface area contributed by atoms with Crippen molar-refractivity contribution in [1.82, 2.24) is 4.90 Å². The first-order valence-corrected chi connectivity index (χ1v) is 10.2. The topological polar surface area (TPSA) is 81.5 Å². The molecule has 2 amide bonds. The van der Waals surface area contributed by atoms with Gasteiger partial charge in [-0.2, -0.15) is 18.4 Å². The van der Waals surface area contributed by atoms with Gasteiger partial charge in [-0.05, 0) is 53.9 Å². The highest BCUT2D eigenvalue weighted by Crippen LogP contribution is 2.45. The maximum Gasteiger partial charge on any atom is 0.416 e. The molecule has 33 heavy (non-hydrogen) atoms. The van der Waals surface area contributed by atoms with Gasteiger partial charge >= 0.3 is 12.2 Å². The van der Waals surface area contributed by atoms with Crippen molar-refractivity contribution in [2.45, 2.75) is 25.1 Å². The maximum absolute atomic E-state index is 13.4. The van der Waals surface area contributed by atoms with Gasteiger partial charge < -0.3 is 4.90 Å². The van der Waals surface area contributed by atoms with E-state index in [1.54, 1.807) is 0 Å². The molecule has 0 fully saturated rings. The highest BCUT2D eigenvalue weighted by atomic mass is 35.5. The Morgan fingerprint density at radius 2 is 1.88 bits per heavy atom. The Kier molecular flexibility index (Phi) is 5.50. The van der Waals surface area contributed by atoms with Crippen LogP contribution < -0.4 is 4.90 Å². The minimum atomic E-state index is -4.61. The largest absolute Gasteiger partial charge is 0.416 e. The fraction of sp³-hybridized carbons (Fsp3) is 0.217. The summed E-state index contributed by atoms with van der Waals surface area (Å²) in [5, 5.41) is 8.29. The number of rotatable bonds is 3. The molecule has 168 valence electrons. The minimum absolute atomic E-state index is 0.0178. The fourth-order valence-corrected chi connectivity index (χ4v) is 4.43. The lowest BCUT2D eigenvalue weighted by Gasteiger charge is -2.40. The van der Waals surface area contributed by atoms with Crippen molar-refractivity contribution >= 4 is 34.3 Å². The van der Waals surface area contributed by atoms with Crippen molar-refractivity contribution in [3.05, 3.63) is 76.0 Å². The normalized spacial score (nSPS) is 18.5. The molecule has 2 aliphatic rings. The lowest BCUT2D eigenvalue weighted by Crippen LogP contribution is -2.48. The number of urea groups is 1. The number of nitriles is 1. The van der Waals surface area contributed by atoms with E-state index >= 15 is 0 Å². The van der Waals surface area contributed by atoms with E-state index in [9.17, 15) is 27.6 Å². The predicted octanol–water partition coefficient (Wildman–Crippen LogP) is 5.19. The van der Waals surface area contributed by atoms with Crippen molar-refractivity contribution in [2.75, 3.05) is 11.9 Å². The molecule has 6 nitrogen and oxygen atoms in total. The minimum Gasteiger partial charge on any atom is -0.316 e. The SMILES string of the molecule is CN1C(=O)N(c2cccc(C(F)(F)F)c2)C2=C(C(=O)CC2)C1c1ccc(C#N)cc1C(=O)Cl. The van der Waals surface area contributed by atoms with Gasteiger partial charge in [-0.1, -0.05) is 12.1 Å². The molecule has 0 N–H and O–H groups in total. The van der Waals surface area contributed by atoms with E-state index in [-0.39, 0.29) is 52.3 Å². The first-order chi connectivity index (χ1) is 15.5. The second kappa shape index (κ2) is 8.05. The summed E-state index contributed by atoms with van der Waals surface area (Å²) < 4.78 is 39.8. The summed E-state index contributed by atoms with van der Waals surface area (Å²) in [5.41, 5.74) is -0.0501. The van der Waals surface area contributed by atoms with Crippen LogP contribution in [-0.2, 0) is 11.0 Å². The first kappa shape index (κ1) is 22.6. The van der Waals surface area contributed by atoms with Gasteiger partial charge in [-0.25, -0.2) is 4.79 Å². The van der Waals surface area contributed by atoms with Gasteiger partial charge in [0, 0.05) is 30.3 Å².